The van der Waals surface area contributed by atoms with E-state index < -0.39 is 5.63 Å². The highest BCUT2D eigenvalue weighted by Gasteiger charge is 2.14. The molecule has 3 aromatic rings. The van der Waals surface area contributed by atoms with Crippen molar-refractivity contribution in [3.63, 3.8) is 0 Å². The van der Waals surface area contributed by atoms with Gasteiger partial charge in [-0.25, -0.2) is 20.6 Å². The molecular weight excluding hydrogens is 296 g/mol. The number of benzene rings is 1. The molecule has 2 heterocycles. The minimum Gasteiger partial charge on any atom is -0.423 e. The Kier molecular flexibility index (Phi) is 3.94. The molecule has 0 saturated heterocycles. The maximum atomic E-state index is 12.2. The zero-order chi connectivity index (χ0) is 16.4. The van der Waals surface area contributed by atoms with E-state index in [9.17, 15) is 9.59 Å². The zero-order valence-electron chi connectivity index (χ0n) is 12.6. The van der Waals surface area contributed by atoms with Crippen molar-refractivity contribution in [2.75, 3.05) is 5.01 Å². The quantitative estimate of drug-likeness (QED) is 0.330. The number of nitrogens with zero attached hydrogens (tertiary/aromatic N) is 2. The Morgan fingerprint density at radius 1 is 1.39 bits per heavy atom. The average Bonchev–Trinajstić information content (AvgIpc) is 3.04. The largest absolute Gasteiger partial charge is 0.423 e. The molecule has 0 fully saturated rings. The summed E-state index contributed by atoms with van der Waals surface area (Å²) in [5.41, 5.74) is 2.13. The third-order valence-electron chi connectivity index (χ3n) is 3.64. The van der Waals surface area contributed by atoms with Gasteiger partial charge in [0, 0.05) is 35.8 Å². The van der Waals surface area contributed by atoms with Crippen molar-refractivity contribution in [2.45, 2.75) is 19.8 Å². The normalized spacial score (nSPS) is 10.9. The third kappa shape index (κ3) is 3.14. The molecule has 0 unspecified atom stereocenters. The van der Waals surface area contributed by atoms with Gasteiger partial charge in [0.1, 0.15) is 5.58 Å². The van der Waals surface area contributed by atoms with Crippen LogP contribution in [-0.4, -0.2) is 15.9 Å². The van der Waals surface area contributed by atoms with E-state index in [1.54, 1.807) is 30.7 Å². The number of H-pyrrole nitrogens is 1. The lowest BCUT2D eigenvalue weighted by molar-refractivity contribution is -0.118. The first-order chi connectivity index (χ1) is 11.0. The Morgan fingerprint density at radius 3 is 2.96 bits per heavy atom. The molecule has 23 heavy (non-hydrogen) atoms. The molecular formula is C16H16N4O3. The molecule has 0 aliphatic carbocycles. The topological polar surface area (TPSA) is 105 Å². The number of rotatable bonds is 4. The third-order valence-corrected chi connectivity index (χ3v) is 3.64. The van der Waals surface area contributed by atoms with Crippen LogP contribution in [0.3, 0.4) is 0 Å². The fourth-order valence-electron chi connectivity index (χ4n) is 2.39. The monoisotopic (exact) mass is 312 g/mol. The number of hydrogen-bond acceptors (Lipinski definition) is 5. The molecule has 0 aliphatic heterocycles. The van der Waals surface area contributed by atoms with Crippen molar-refractivity contribution in [1.29, 1.82) is 0 Å². The van der Waals surface area contributed by atoms with Crippen LogP contribution < -0.4 is 16.5 Å². The molecule has 3 N–H and O–H groups in total. The molecule has 3 rings (SSSR count). The number of nitrogens with two attached hydrogens (primary N) is 1. The second kappa shape index (κ2) is 6.05. The number of imidazole rings is 1. The van der Waals surface area contributed by atoms with E-state index >= 15 is 0 Å². The first-order valence-corrected chi connectivity index (χ1v) is 7.14. The van der Waals surface area contributed by atoms with Gasteiger partial charge in [-0.1, -0.05) is 0 Å². The number of carbonyl (C=O) groups excluding carboxylic acids is 1. The number of aromatic nitrogens is 2. The van der Waals surface area contributed by atoms with Crippen LogP contribution in [0.15, 0.2) is 46.0 Å². The van der Waals surface area contributed by atoms with E-state index in [1.807, 2.05) is 6.92 Å². The molecule has 0 spiro atoms. The minimum atomic E-state index is -0.429. The van der Waals surface area contributed by atoms with Gasteiger partial charge >= 0.3 is 5.63 Å². The van der Waals surface area contributed by atoms with Gasteiger partial charge in [-0.15, -0.1) is 0 Å². The van der Waals surface area contributed by atoms with Crippen LogP contribution in [0.5, 0.6) is 0 Å². The number of anilines is 1. The van der Waals surface area contributed by atoms with E-state index in [4.69, 9.17) is 10.3 Å². The Balaban J connectivity index is 1.81. The Hall–Kier alpha value is -2.93. The van der Waals surface area contributed by atoms with Gasteiger partial charge in [-0.2, -0.15) is 0 Å². The number of hydrazine groups is 1. The maximum Gasteiger partial charge on any atom is 0.336 e. The highest BCUT2D eigenvalue weighted by atomic mass is 16.4. The Labute approximate surface area is 131 Å². The van der Waals surface area contributed by atoms with Crippen molar-refractivity contribution in [1.82, 2.24) is 9.97 Å². The second-order valence-corrected chi connectivity index (χ2v) is 5.27. The van der Waals surface area contributed by atoms with Crippen LogP contribution in [0.25, 0.3) is 11.0 Å². The van der Waals surface area contributed by atoms with Gasteiger partial charge in [0.2, 0.25) is 5.91 Å². The highest BCUT2D eigenvalue weighted by molar-refractivity contribution is 5.94. The summed E-state index contributed by atoms with van der Waals surface area (Å²) in [6.07, 6.45) is 4.00. The summed E-state index contributed by atoms with van der Waals surface area (Å²) in [5, 5.41) is 1.88. The number of fused-ring (bicyclic) bond motifs is 1. The number of amides is 1. The molecule has 2 aromatic heterocycles. The average molecular weight is 312 g/mol. The van der Waals surface area contributed by atoms with Gasteiger partial charge in [0.15, 0.2) is 0 Å². The lowest BCUT2D eigenvalue weighted by Gasteiger charge is -2.17. The SMILES string of the molecule is Cc1cc(=O)oc2cc(N(N)C(=O)CCc3cnc[nH]3)ccc12. The second-order valence-electron chi connectivity index (χ2n) is 5.27. The predicted molar refractivity (Wildman–Crippen MR) is 85.8 cm³/mol. The molecule has 0 saturated carbocycles. The van der Waals surface area contributed by atoms with E-state index in [1.165, 1.54) is 6.07 Å². The molecule has 1 aromatic carbocycles. The predicted octanol–water partition coefficient (Wildman–Crippen LogP) is 1.66. The van der Waals surface area contributed by atoms with Crippen LogP contribution >= 0.6 is 0 Å². The van der Waals surface area contributed by atoms with E-state index in [0.717, 1.165) is 21.7 Å². The number of carbonyl (C=O) groups is 1. The lowest BCUT2D eigenvalue weighted by atomic mass is 10.1. The van der Waals surface area contributed by atoms with E-state index in [0.29, 0.717) is 17.7 Å². The van der Waals surface area contributed by atoms with Gasteiger partial charge < -0.3 is 9.40 Å². The molecule has 1 amide bonds. The lowest BCUT2D eigenvalue weighted by Crippen LogP contribution is -2.37. The van der Waals surface area contributed by atoms with Crippen molar-refractivity contribution >= 4 is 22.6 Å². The number of aromatic amines is 1. The fourth-order valence-corrected chi connectivity index (χ4v) is 2.39. The standard InChI is InChI=1S/C16H16N4O3/c1-10-6-16(22)23-14-7-12(3-4-13(10)14)20(17)15(21)5-2-11-8-18-9-19-11/h3-4,6-9H,2,5,17H2,1H3,(H,18,19). The Morgan fingerprint density at radius 2 is 2.22 bits per heavy atom. The Bertz CT molecular complexity index is 899. The molecule has 0 atom stereocenters. The summed E-state index contributed by atoms with van der Waals surface area (Å²) in [4.78, 5) is 30.5. The summed E-state index contributed by atoms with van der Waals surface area (Å²) in [7, 11) is 0. The smallest absolute Gasteiger partial charge is 0.336 e. The highest BCUT2D eigenvalue weighted by Crippen LogP contribution is 2.22. The molecule has 118 valence electrons. The van der Waals surface area contributed by atoms with E-state index in [-0.39, 0.29) is 12.3 Å². The van der Waals surface area contributed by atoms with E-state index in [2.05, 4.69) is 9.97 Å². The van der Waals surface area contributed by atoms with Gasteiger partial charge in [-0.05, 0) is 31.0 Å². The number of nitrogens with one attached hydrogen (secondary N) is 1. The molecule has 0 radical (unpaired) electrons. The summed E-state index contributed by atoms with van der Waals surface area (Å²) in [6.45, 7) is 1.83. The summed E-state index contributed by atoms with van der Waals surface area (Å²) in [6, 6.07) is 6.53. The van der Waals surface area contributed by atoms with Gasteiger partial charge in [-0.3, -0.25) is 4.79 Å². The maximum absolute atomic E-state index is 12.2. The van der Waals surface area contributed by atoms with Crippen LogP contribution in [0.4, 0.5) is 5.69 Å². The van der Waals surface area contributed by atoms with Crippen LogP contribution in [0.2, 0.25) is 0 Å². The minimum absolute atomic E-state index is 0.242. The zero-order valence-corrected chi connectivity index (χ0v) is 12.6. The fraction of sp³-hybridized carbons (Fsp3) is 0.188. The number of hydrogen-bond donors (Lipinski definition) is 2. The van der Waals surface area contributed by atoms with Crippen molar-refractivity contribution in [3.05, 3.63) is 58.5 Å². The van der Waals surface area contributed by atoms with Crippen molar-refractivity contribution < 1.29 is 9.21 Å². The number of aryl methyl sites for hydroxylation is 2. The summed E-state index contributed by atoms with van der Waals surface area (Å²) >= 11 is 0. The van der Waals surface area contributed by atoms with Crippen molar-refractivity contribution in [2.24, 2.45) is 5.84 Å². The van der Waals surface area contributed by atoms with Crippen LogP contribution in [-0.2, 0) is 11.2 Å². The first-order valence-electron chi connectivity index (χ1n) is 7.14. The summed E-state index contributed by atoms with van der Waals surface area (Å²) < 4.78 is 5.17. The molecule has 0 aliphatic rings. The molecule has 7 heteroatoms. The molecule has 7 nitrogen and oxygen atoms in total. The molecule has 0 bridgehead atoms. The van der Waals surface area contributed by atoms with Gasteiger partial charge in [0.05, 0.1) is 12.0 Å². The van der Waals surface area contributed by atoms with Crippen LogP contribution in [0, 0.1) is 6.92 Å². The van der Waals surface area contributed by atoms with Gasteiger partial charge in [0.25, 0.3) is 0 Å². The first kappa shape index (κ1) is 15.0. The summed E-state index contributed by atoms with van der Waals surface area (Å²) in [5.74, 6) is 5.64. The van der Waals surface area contributed by atoms with Crippen molar-refractivity contribution in [3.8, 4) is 0 Å². The van der Waals surface area contributed by atoms with Crippen LogP contribution in [0.1, 0.15) is 17.7 Å².